The fraction of sp³-hybridized carbons (Fsp3) is 0.250. The van der Waals surface area contributed by atoms with Crippen LogP contribution in [0.15, 0.2) is 6.07 Å². The van der Waals surface area contributed by atoms with E-state index in [1.54, 1.807) is 6.92 Å². The minimum Gasteiger partial charge on any atom is -0.464 e. The summed E-state index contributed by atoms with van der Waals surface area (Å²) >= 11 is 5.39. The van der Waals surface area contributed by atoms with E-state index in [0.29, 0.717) is 5.56 Å². The molecule has 5 heteroatoms. The number of nitrogens with zero attached hydrogens (tertiary/aromatic N) is 1. The lowest BCUT2D eigenvalue weighted by Crippen LogP contribution is -2.07. The van der Waals surface area contributed by atoms with Gasteiger partial charge in [0.25, 0.3) is 0 Å². The molecule has 0 aliphatic heterocycles. The highest BCUT2D eigenvalue weighted by Gasteiger charge is 2.14. The predicted molar refractivity (Wildman–Crippen MR) is 45.3 cm³/mol. The molecule has 1 heterocycles. The molecular formula is C8H7ClFNO2. The van der Waals surface area contributed by atoms with Crippen LogP contribution in [0, 0.1) is 12.7 Å². The fourth-order valence-electron chi connectivity index (χ4n) is 0.861. The van der Waals surface area contributed by atoms with Gasteiger partial charge in [-0.25, -0.2) is 14.2 Å². The largest absolute Gasteiger partial charge is 0.464 e. The summed E-state index contributed by atoms with van der Waals surface area (Å²) in [5.41, 5.74) is 0.433. The average molecular weight is 204 g/mol. The molecule has 0 radical (unpaired) electrons. The van der Waals surface area contributed by atoms with Gasteiger partial charge in [-0.2, -0.15) is 0 Å². The Morgan fingerprint density at radius 3 is 2.85 bits per heavy atom. The molecule has 0 aliphatic rings. The number of carbonyl (C=O) groups excluding carboxylic acids is 1. The van der Waals surface area contributed by atoms with E-state index < -0.39 is 11.8 Å². The number of halogens is 2. The predicted octanol–water partition coefficient (Wildman–Crippen LogP) is 1.97. The molecule has 70 valence electrons. The van der Waals surface area contributed by atoms with E-state index >= 15 is 0 Å². The number of pyridine rings is 1. The van der Waals surface area contributed by atoms with Gasteiger partial charge in [-0.15, -0.1) is 0 Å². The molecule has 0 aromatic carbocycles. The SMILES string of the molecule is COC(=O)c1nc(Cl)c(F)cc1C. The van der Waals surface area contributed by atoms with Crippen molar-refractivity contribution in [3.05, 3.63) is 28.3 Å². The van der Waals surface area contributed by atoms with Crippen LogP contribution in [0.2, 0.25) is 5.15 Å². The average Bonchev–Trinajstić information content (AvgIpc) is 2.10. The number of carbonyl (C=O) groups is 1. The van der Waals surface area contributed by atoms with Gasteiger partial charge in [0.1, 0.15) is 0 Å². The lowest BCUT2D eigenvalue weighted by Gasteiger charge is -2.03. The Bertz CT molecular complexity index is 354. The Balaban J connectivity index is 3.23. The first-order valence-electron chi connectivity index (χ1n) is 3.47. The molecule has 1 rings (SSSR count). The first-order valence-corrected chi connectivity index (χ1v) is 3.85. The van der Waals surface area contributed by atoms with Crippen LogP contribution in [-0.4, -0.2) is 18.1 Å². The summed E-state index contributed by atoms with van der Waals surface area (Å²) in [5.74, 6) is -1.27. The highest BCUT2D eigenvalue weighted by molar-refractivity contribution is 6.29. The highest BCUT2D eigenvalue weighted by atomic mass is 35.5. The van der Waals surface area contributed by atoms with Crippen molar-refractivity contribution < 1.29 is 13.9 Å². The second-order valence-electron chi connectivity index (χ2n) is 2.42. The zero-order chi connectivity index (χ0) is 10.0. The minimum atomic E-state index is -0.646. The Morgan fingerprint density at radius 2 is 2.31 bits per heavy atom. The summed E-state index contributed by atoms with van der Waals surface area (Å²) in [6.45, 7) is 1.55. The topological polar surface area (TPSA) is 39.2 Å². The summed E-state index contributed by atoms with van der Waals surface area (Å²) in [7, 11) is 1.22. The van der Waals surface area contributed by atoms with Crippen molar-refractivity contribution in [3.63, 3.8) is 0 Å². The number of aryl methyl sites for hydroxylation is 1. The number of aromatic nitrogens is 1. The highest BCUT2D eigenvalue weighted by Crippen LogP contribution is 2.16. The van der Waals surface area contributed by atoms with Crippen molar-refractivity contribution in [1.82, 2.24) is 4.98 Å². The molecule has 0 bridgehead atoms. The van der Waals surface area contributed by atoms with Gasteiger partial charge in [0.15, 0.2) is 16.7 Å². The smallest absolute Gasteiger partial charge is 0.356 e. The maximum Gasteiger partial charge on any atom is 0.356 e. The second-order valence-corrected chi connectivity index (χ2v) is 2.78. The molecule has 0 unspecified atom stereocenters. The summed E-state index contributed by atoms with van der Waals surface area (Å²) in [6.07, 6.45) is 0. The van der Waals surface area contributed by atoms with E-state index in [-0.39, 0.29) is 10.8 Å². The normalized spacial score (nSPS) is 9.85. The van der Waals surface area contributed by atoms with E-state index in [1.165, 1.54) is 7.11 Å². The first kappa shape index (κ1) is 9.92. The fourth-order valence-corrected chi connectivity index (χ4v) is 1.00. The van der Waals surface area contributed by atoms with Gasteiger partial charge in [-0.3, -0.25) is 0 Å². The second kappa shape index (κ2) is 3.70. The lowest BCUT2D eigenvalue weighted by atomic mass is 10.2. The molecule has 13 heavy (non-hydrogen) atoms. The quantitative estimate of drug-likeness (QED) is 0.518. The Hall–Kier alpha value is -1.16. The number of ether oxygens (including phenoxy) is 1. The van der Waals surface area contributed by atoms with Crippen LogP contribution in [0.3, 0.4) is 0 Å². The Kier molecular flexibility index (Phi) is 2.83. The molecule has 1 aromatic heterocycles. The monoisotopic (exact) mass is 203 g/mol. The van der Waals surface area contributed by atoms with Crippen LogP contribution in [0.1, 0.15) is 16.1 Å². The van der Waals surface area contributed by atoms with E-state index in [4.69, 9.17) is 11.6 Å². The van der Waals surface area contributed by atoms with Crippen LogP contribution < -0.4 is 0 Å². The van der Waals surface area contributed by atoms with Crippen molar-refractivity contribution in [2.45, 2.75) is 6.92 Å². The van der Waals surface area contributed by atoms with Crippen LogP contribution in [-0.2, 0) is 4.74 Å². The number of hydrogen-bond acceptors (Lipinski definition) is 3. The van der Waals surface area contributed by atoms with Crippen molar-refractivity contribution >= 4 is 17.6 Å². The minimum absolute atomic E-state index is 0.0360. The Labute approximate surface area is 79.5 Å². The first-order chi connectivity index (χ1) is 6.06. The van der Waals surface area contributed by atoms with E-state index in [9.17, 15) is 9.18 Å². The van der Waals surface area contributed by atoms with Crippen LogP contribution in [0.5, 0.6) is 0 Å². The third kappa shape index (κ3) is 1.95. The van der Waals surface area contributed by atoms with E-state index in [0.717, 1.165) is 6.07 Å². The van der Waals surface area contributed by atoms with Crippen LogP contribution in [0.4, 0.5) is 4.39 Å². The van der Waals surface area contributed by atoms with Crippen LogP contribution >= 0.6 is 11.6 Å². The van der Waals surface area contributed by atoms with Crippen LogP contribution in [0.25, 0.3) is 0 Å². The van der Waals surface area contributed by atoms with Gasteiger partial charge in [0.05, 0.1) is 7.11 Å². The molecule has 3 nitrogen and oxygen atoms in total. The lowest BCUT2D eigenvalue weighted by molar-refractivity contribution is 0.0593. The van der Waals surface area contributed by atoms with Crippen molar-refractivity contribution in [1.29, 1.82) is 0 Å². The number of rotatable bonds is 1. The van der Waals surface area contributed by atoms with Gasteiger partial charge >= 0.3 is 5.97 Å². The zero-order valence-corrected chi connectivity index (χ0v) is 7.85. The van der Waals surface area contributed by atoms with E-state index in [2.05, 4.69) is 9.72 Å². The van der Waals surface area contributed by atoms with Gasteiger partial charge in [0, 0.05) is 0 Å². The number of esters is 1. The van der Waals surface area contributed by atoms with Gasteiger partial charge in [-0.05, 0) is 18.6 Å². The molecule has 0 amide bonds. The zero-order valence-electron chi connectivity index (χ0n) is 7.10. The number of hydrogen-bond donors (Lipinski definition) is 0. The summed E-state index contributed by atoms with van der Waals surface area (Å²) < 4.78 is 17.2. The Morgan fingerprint density at radius 1 is 1.69 bits per heavy atom. The summed E-state index contributed by atoms with van der Waals surface area (Å²) in [6, 6.07) is 1.14. The molecule has 0 N–H and O–H groups in total. The van der Waals surface area contributed by atoms with Crippen molar-refractivity contribution in [3.8, 4) is 0 Å². The third-order valence-corrected chi connectivity index (χ3v) is 1.77. The summed E-state index contributed by atoms with van der Waals surface area (Å²) in [5, 5.41) is -0.328. The maximum absolute atomic E-state index is 12.8. The summed E-state index contributed by atoms with van der Waals surface area (Å²) in [4.78, 5) is 14.6. The molecule has 0 saturated carbocycles. The molecule has 0 atom stereocenters. The molecule has 1 aromatic rings. The molecule has 0 saturated heterocycles. The van der Waals surface area contributed by atoms with Gasteiger partial charge in [0.2, 0.25) is 0 Å². The molecular weight excluding hydrogens is 197 g/mol. The standard InChI is InChI=1S/C8H7ClFNO2/c1-4-3-5(10)7(9)11-6(4)8(12)13-2/h3H,1-2H3. The van der Waals surface area contributed by atoms with Crippen molar-refractivity contribution in [2.24, 2.45) is 0 Å². The van der Waals surface area contributed by atoms with Crippen molar-refractivity contribution in [2.75, 3.05) is 7.11 Å². The third-order valence-electron chi connectivity index (χ3n) is 1.50. The molecule has 0 spiro atoms. The van der Waals surface area contributed by atoms with E-state index in [1.807, 2.05) is 0 Å². The maximum atomic E-state index is 12.8. The molecule has 0 aliphatic carbocycles. The molecule has 0 fully saturated rings. The van der Waals surface area contributed by atoms with Gasteiger partial charge < -0.3 is 4.74 Å². The number of methoxy groups -OCH3 is 1. The van der Waals surface area contributed by atoms with Gasteiger partial charge in [-0.1, -0.05) is 11.6 Å².